The maximum Gasteiger partial charge on any atom is 0.143 e. The van der Waals surface area contributed by atoms with Crippen LogP contribution in [0.5, 0.6) is 0 Å². The van der Waals surface area contributed by atoms with E-state index < -0.39 is 0 Å². The summed E-state index contributed by atoms with van der Waals surface area (Å²) in [6.07, 6.45) is 2.07. The van der Waals surface area contributed by atoms with Crippen molar-refractivity contribution in [1.29, 1.82) is 0 Å². The molecule has 1 N–H and O–H groups in total. The summed E-state index contributed by atoms with van der Waals surface area (Å²) in [6, 6.07) is 0. The Bertz CT molecular complexity index is 392. The molecular weight excluding hydrogens is 329 g/mol. The molecule has 4 nitrogen and oxygen atoms in total. The summed E-state index contributed by atoms with van der Waals surface area (Å²) in [7, 11) is 0. The fourth-order valence-corrected chi connectivity index (χ4v) is 2.44. The van der Waals surface area contributed by atoms with Gasteiger partial charge in [-0.25, -0.2) is 9.97 Å². The molecule has 1 saturated heterocycles. The summed E-state index contributed by atoms with van der Waals surface area (Å²) in [5, 5.41) is 3.31. The van der Waals surface area contributed by atoms with Crippen molar-refractivity contribution in [2.75, 3.05) is 25.1 Å². The molecule has 1 fully saturated rings. The minimum absolute atomic E-state index is 0.455. The van der Waals surface area contributed by atoms with Crippen LogP contribution in [0.25, 0.3) is 0 Å². The third kappa shape index (κ3) is 3.07. The van der Waals surface area contributed by atoms with Crippen LogP contribution in [-0.2, 0) is 4.74 Å². The van der Waals surface area contributed by atoms with E-state index in [9.17, 15) is 0 Å². The molecule has 1 aliphatic rings. The molecule has 0 spiro atoms. The topological polar surface area (TPSA) is 47.0 Å². The summed E-state index contributed by atoms with van der Waals surface area (Å²) >= 11 is 2.30. The average molecular weight is 347 g/mol. The van der Waals surface area contributed by atoms with Crippen LogP contribution in [0.2, 0.25) is 0 Å². The fourth-order valence-electron chi connectivity index (χ4n) is 2.00. The number of rotatable bonds is 3. The van der Waals surface area contributed by atoms with Gasteiger partial charge in [0.1, 0.15) is 11.6 Å². The maximum absolute atomic E-state index is 5.38. The van der Waals surface area contributed by atoms with Crippen LogP contribution in [0.15, 0.2) is 0 Å². The van der Waals surface area contributed by atoms with E-state index >= 15 is 0 Å². The summed E-state index contributed by atoms with van der Waals surface area (Å²) in [4.78, 5) is 9.29. The van der Waals surface area contributed by atoms with E-state index in [2.05, 4.69) is 44.8 Å². The van der Waals surface area contributed by atoms with Crippen molar-refractivity contribution in [3.8, 4) is 0 Å². The zero-order valence-corrected chi connectivity index (χ0v) is 12.5. The Hall–Kier alpha value is -0.430. The Morgan fingerprint density at radius 1 is 1.35 bits per heavy atom. The molecule has 1 aromatic rings. The minimum Gasteiger partial charge on any atom is -0.381 e. The van der Waals surface area contributed by atoms with Crippen LogP contribution < -0.4 is 5.32 Å². The molecule has 0 saturated carbocycles. The van der Waals surface area contributed by atoms with E-state index in [4.69, 9.17) is 4.74 Å². The van der Waals surface area contributed by atoms with Gasteiger partial charge in [0, 0.05) is 25.7 Å². The van der Waals surface area contributed by atoms with Crippen LogP contribution in [0.4, 0.5) is 5.82 Å². The second kappa shape index (κ2) is 5.95. The summed E-state index contributed by atoms with van der Waals surface area (Å²) in [5.41, 5.74) is 1.07. The number of nitrogens with one attached hydrogen (secondary N) is 1. The quantitative estimate of drug-likeness (QED) is 0.855. The van der Waals surface area contributed by atoms with E-state index in [-0.39, 0.29) is 0 Å². The number of hydrogen-bond donors (Lipinski definition) is 1. The van der Waals surface area contributed by atoms with E-state index in [0.717, 1.165) is 53.5 Å². The first-order chi connectivity index (χ1) is 8.22. The van der Waals surface area contributed by atoms with E-state index in [1.54, 1.807) is 0 Å². The van der Waals surface area contributed by atoms with Crippen molar-refractivity contribution in [3.05, 3.63) is 15.1 Å². The Morgan fingerprint density at radius 2 is 2.06 bits per heavy atom. The second-order valence-electron chi connectivity index (χ2n) is 4.25. The average Bonchev–Trinajstić information content (AvgIpc) is 2.36. The van der Waals surface area contributed by atoms with E-state index in [1.807, 2.05) is 6.92 Å². The summed E-state index contributed by atoms with van der Waals surface area (Å²) < 4.78 is 6.51. The highest BCUT2D eigenvalue weighted by atomic mass is 127. The van der Waals surface area contributed by atoms with Crippen molar-refractivity contribution in [2.24, 2.45) is 0 Å². The van der Waals surface area contributed by atoms with Crippen molar-refractivity contribution >= 4 is 28.4 Å². The van der Waals surface area contributed by atoms with Gasteiger partial charge in [0.2, 0.25) is 0 Å². The van der Waals surface area contributed by atoms with Crippen molar-refractivity contribution in [2.45, 2.75) is 32.6 Å². The zero-order valence-electron chi connectivity index (χ0n) is 10.3. The fraction of sp³-hybridized carbons (Fsp3) is 0.667. The molecule has 0 aromatic carbocycles. The zero-order chi connectivity index (χ0) is 12.3. The summed E-state index contributed by atoms with van der Waals surface area (Å²) in [5.74, 6) is 2.40. The normalized spacial score (nSPS) is 17.1. The molecule has 2 rings (SSSR count). The van der Waals surface area contributed by atoms with Gasteiger partial charge >= 0.3 is 0 Å². The van der Waals surface area contributed by atoms with Gasteiger partial charge in [0.05, 0.1) is 9.26 Å². The van der Waals surface area contributed by atoms with E-state index in [1.165, 1.54) is 0 Å². The lowest BCUT2D eigenvalue weighted by Gasteiger charge is -2.22. The molecule has 0 bridgehead atoms. The lowest BCUT2D eigenvalue weighted by atomic mass is 9.99. The third-order valence-electron chi connectivity index (χ3n) is 2.96. The lowest BCUT2D eigenvalue weighted by molar-refractivity contribution is 0.0835. The first-order valence-corrected chi connectivity index (χ1v) is 7.16. The number of nitrogens with zero attached hydrogens (tertiary/aromatic N) is 2. The SMILES string of the molecule is CCNc1nc(C2CCOCC2)nc(C)c1I. The highest BCUT2D eigenvalue weighted by Crippen LogP contribution is 2.27. The summed E-state index contributed by atoms with van der Waals surface area (Å²) in [6.45, 7) is 6.68. The predicted molar refractivity (Wildman–Crippen MR) is 76.4 cm³/mol. The molecule has 94 valence electrons. The van der Waals surface area contributed by atoms with Crippen LogP contribution in [0.3, 0.4) is 0 Å². The van der Waals surface area contributed by atoms with Crippen LogP contribution in [0, 0.1) is 10.5 Å². The van der Waals surface area contributed by atoms with Gasteiger partial charge in [0.25, 0.3) is 0 Å². The molecule has 0 atom stereocenters. The number of aryl methyl sites for hydroxylation is 1. The molecule has 2 heterocycles. The second-order valence-corrected chi connectivity index (χ2v) is 5.33. The lowest BCUT2D eigenvalue weighted by Crippen LogP contribution is -2.18. The Kier molecular flexibility index (Phi) is 4.55. The van der Waals surface area contributed by atoms with E-state index in [0.29, 0.717) is 5.92 Å². The van der Waals surface area contributed by atoms with Gasteiger partial charge in [-0.15, -0.1) is 0 Å². The molecule has 17 heavy (non-hydrogen) atoms. The Balaban J connectivity index is 2.27. The predicted octanol–water partition coefficient (Wildman–Crippen LogP) is 2.72. The molecule has 1 aromatic heterocycles. The molecule has 0 amide bonds. The monoisotopic (exact) mass is 347 g/mol. The number of halogens is 1. The molecule has 0 unspecified atom stereocenters. The minimum atomic E-state index is 0.455. The largest absolute Gasteiger partial charge is 0.381 e. The molecule has 0 radical (unpaired) electrons. The Labute approximate surface area is 116 Å². The van der Waals surface area contributed by atoms with Gasteiger partial charge in [-0.3, -0.25) is 0 Å². The standard InChI is InChI=1S/C12H18IN3O/c1-3-14-12-10(13)8(2)15-11(16-12)9-4-6-17-7-5-9/h9H,3-7H2,1-2H3,(H,14,15,16). The van der Waals surface area contributed by atoms with Crippen molar-refractivity contribution in [1.82, 2.24) is 9.97 Å². The number of anilines is 1. The highest BCUT2D eigenvalue weighted by Gasteiger charge is 2.20. The van der Waals surface area contributed by atoms with Crippen molar-refractivity contribution < 1.29 is 4.74 Å². The van der Waals surface area contributed by atoms with Gasteiger partial charge in [-0.1, -0.05) is 0 Å². The van der Waals surface area contributed by atoms with Gasteiger partial charge in [0.15, 0.2) is 0 Å². The number of hydrogen-bond acceptors (Lipinski definition) is 4. The van der Waals surface area contributed by atoms with Gasteiger partial charge in [-0.2, -0.15) is 0 Å². The van der Waals surface area contributed by atoms with Gasteiger partial charge < -0.3 is 10.1 Å². The molecule has 1 aliphatic heterocycles. The third-order valence-corrected chi connectivity index (χ3v) is 4.26. The number of aromatic nitrogens is 2. The number of ether oxygens (including phenoxy) is 1. The van der Waals surface area contributed by atoms with Crippen LogP contribution in [0.1, 0.15) is 37.2 Å². The molecule has 5 heteroatoms. The first-order valence-electron chi connectivity index (χ1n) is 6.08. The van der Waals surface area contributed by atoms with Crippen LogP contribution in [-0.4, -0.2) is 29.7 Å². The Morgan fingerprint density at radius 3 is 2.71 bits per heavy atom. The van der Waals surface area contributed by atoms with Gasteiger partial charge in [-0.05, 0) is 49.3 Å². The van der Waals surface area contributed by atoms with Crippen molar-refractivity contribution in [3.63, 3.8) is 0 Å². The van der Waals surface area contributed by atoms with Crippen LogP contribution >= 0.6 is 22.6 Å². The first kappa shape index (κ1) is 13.0. The maximum atomic E-state index is 5.38. The smallest absolute Gasteiger partial charge is 0.143 e. The highest BCUT2D eigenvalue weighted by molar-refractivity contribution is 14.1. The molecular formula is C12H18IN3O. The molecule has 0 aliphatic carbocycles.